The molecule has 1 heterocycles. The zero-order chi connectivity index (χ0) is 10.1. The molecule has 13 heavy (non-hydrogen) atoms. The van der Waals surface area contributed by atoms with Crippen molar-refractivity contribution in [3.05, 3.63) is 32.3 Å². The molecule has 0 unspecified atom stereocenters. The third kappa shape index (κ3) is 2.57. The first-order chi connectivity index (χ1) is 5.90. The minimum absolute atomic E-state index is 0.0147. The van der Waals surface area contributed by atoms with Crippen molar-refractivity contribution in [1.82, 2.24) is 10.2 Å². The molecule has 0 spiro atoms. The van der Waals surface area contributed by atoms with Crippen LogP contribution in [-0.2, 0) is 6.42 Å². The highest BCUT2D eigenvalue weighted by atomic mass is 16.2. The van der Waals surface area contributed by atoms with Crippen molar-refractivity contribution < 1.29 is 0 Å². The minimum atomic E-state index is -0.582. The van der Waals surface area contributed by atoms with Crippen molar-refractivity contribution in [3.8, 4) is 0 Å². The van der Waals surface area contributed by atoms with E-state index in [2.05, 4.69) is 10.2 Å². The predicted molar refractivity (Wildman–Crippen MR) is 50.8 cm³/mol. The number of aromatic amines is 2. The maximum absolute atomic E-state index is 11.3. The zero-order valence-electron chi connectivity index (χ0n) is 8.10. The number of H-pyrrole nitrogens is 2. The molecule has 0 aliphatic rings. The lowest BCUT2D eigenvalue weighted by Gasteiger charge is -2.16. The van der Waals surface area contributed by atoms with Crippen LogP contribution in [0.15, 0.2) is 15.8 Å². The molecule has 0 bridgehead atoms. The molecule has 0 radical (unpaired) electrons. The molecule has 1 aromatic rings. The van der Waals surface area contributed by atoms with Gasteiger partial charge in [-0.2, -0.15) is 0 Å². The van der Waals surface area contributed by atoms with Crippen LogP contribution in [-0.4, -0.2) is 10.2 Å². The Kier molecular flexibility index (Phi) is 2.40. The van der Waals surface area contributed by atoms with E-state index >= 15 is 0 Å². The fraction of sp³-hybridized carbons (Fsp3) is 0.556. The highest BCUT2D eigenvalue weighted by Crippen LogP contribution is 2.17. The monoisotopic (exact) mass is 182 g/mol. The second kappa shape index (κ2) is 3.20. The summed E-state index contributed by atoms with van der Waals surface area (Å²) in [7, 11) is 0. The SMILES string of the molecule is CC(C)(C)Cc1c[nH][nH]c(=O)c1=O. The molecule has 1 aromatic heterocycles. The Bertz CT molecular complexity index is 395. The third-order valence-corrected chi connectivity index (χ3v) is 1.65. The Labute approximate surface area is 76.0 Å². The summed E-state index contributed by atoms with van der Waals surface area (Å²) in [6.07, 6.45) is 2.15. The number of nitrogens with one attached hydrogen (secondary N) is 2. The summed E-state index contributed by atoms with van der Waals surface area (Å²) in [5.41, 5.74) is -0.465. The van der Waals surface area contributed by atoms with Gasteiger partial charge in [-0.3, -0.25) is 14.7 Å². The van der Waals surface area contributed by atoms with Crippen LogP contribution in [0, 0.1) is 5.41 Å². The number of aromatic nitrogens is 2. The van der Waals surface area contributed by atoms with E-state index in [0.29, 0.717) is 12.0 Å². The lowest BCUT2D eigenvalue weighted by Crippen LogP contribution is -2.32. The van der Waals surface area contributed by atoms with E-state index in [4.69, 9.17) is 0 Å². The van der Waals surface area contributed by atoms with Crippen LogP contribution in [0.5, 0.6) is 0 Å². The quantitative estimate of drug-likeness (QED) is 0.626. The maximum atomic E-state index is 11.3. The van der Waals surface area contributed by atoms with Crippen LogP contribution >= 0.6 is 0 Å². The molecule has 0 saturated heterocycles. The molecule has 0 aromatic carbocycles. The molecule has 0 aliphatic carbocycles. The van der Waals surface area contributed by atoms with Crippen LogP contribution in [0.3, 0.4) is 0 Å². The van der Waals surface area contributed by atoms with Crippen LogP contribution < -0.4 is 11.0 Å². The molecule has 4 nitrogen and oxygen atoms in total. The summed E-state index contributed by atoms with van der Waals surface area (Å²) >= 11 is 0. The molecule has 0 atom stereocenters. The van der Waals surface area contributed by atoms with E-state index in [9.17, 15) is 9.59 Å². The van der Waals surface area contributed by atoms with Crippen molar-refractivity contribution in [1.29, 1.82) is 0 Å². The van der Waals surface area contributed by atoms with Crippen molar-refractivity contribution in [2.45, 2.75) is 27.2 Å². The van der Waals surface area contributed by atoms with Crippen molar-refractivity contribution in [3.63, 3.8) is 0 Å². The van der Waals surface area contributed by atoms with Gasteiger partial charge in [-0.1, -0.05) is 20.8 Å². The average Bonchev–Trinajstić information content (AvgIpc) is 1.96. The largest absolute Gasteiger partial charge is 0.310 e. The Morgan fingerprint density at radius 2 is 1.92 bits per heavy atom. The molecule has 1 rings (SSSR count). The van der Waals surface area contributed by atoms with Gasteiger partial charge in [0.2, 0.25) is 5.43 Å². The lowest BCUT2D eigenvalue weighted by atomic mass is 9.89. The molecular weight excluding hydrogens is 168 g/mol. The number of hydrogen-bond acceptors (Lipinski definition) is 2. The van der Waals surface area contributed by atoms with Gasteiger partial charge in [0.05, 0.1) is 0 Å². The van der Waals surface area contributed by atoms with Gasteiger partial charge in [-0.25, -0.2) is 0 Å². The van der Waals surface area contributed by atoms with E-state index in [0.717, 1.165) is 0 Å². The molecule has 0 fully saturated rings. The summed E-state index contributed by atoms with van der Waals surface area (Å²) in [6, 6.07) is 0. The van der Waals surface area contributed by atoms with E-state index < -0.39 is 11.0 Å². The number of hydrogen-bond donors (Lipinski definition) is 2. The Morgan fingerprint density at radius 1 is 1.31 bits per heavy atom. The van der Waals surface area contributed by atoms with Crippen LogP contribution in [0.2, 0.25) is 0 Å². The van der Waals surface area contributed by atoms with E-state index in [-0.39, 0.29) is 5.41 Å². The van der Waals surface area contributed by atoms with Crippen LogP contribution in [0.25, 0.3) is 0 Å². The van der Waals surface area contributed by atoms with Crippen LogP contribution in [0.1, 0.15) is 26.3 Å². The van der Waals surface area contributed by atoms with Gasteiger partial charge in [-0.15, -0.1) is 0 Å². The second-order valence-corrected chi connectivity index (χ2v) is 4.33. The molecule has 0 saturated carbocycles. The first-order valence-electron chi connectivity index (χ1n) is 4.19. The van der Waals surface area contributed by atoms with E-state index in [1.807, 2.05) is 20.8 Å². The van der Waals surface area contributed by atoms with Gasteiger partial charge in [0.25, 0.3) is 0 Å². The van der Waals surface area contributed by atoms with Gasteiger partial charge in [0, 0.05) is 11.8 Å². The highest BCUT2D eigenvalue weighted by molar-refractivity contribution is 5.08. The first kappa shape index (κ1) is 9.77. The van der Waals surface area contributed by atoms with Crippen molar-refractivity contribution >= 4 is 0 Å². The predicted octanol–water partition coefficient (Wildman–Crippen LogP) is 0.652. The summed E-state index contributed by atoms with van der Waals surface area (Å²) in [5, 5.41) is 4.79. The molecular formula is C9H14N2O2. The fourth-order valence-electron chi connectivity index (χ4n) is 1.16. The molecule has 72 valence electrons. The summed E-state index contributed by atoms with van der Waals surface area (Å²) in [5.74, 6) is 0. The second-order valence-electron chi connectivity index (χ2n) is 4.33. The molecule has 0 aliphatic heterocycles. The Morgan fingerprint density at radius 3 is 2.46 bits per heavy atom. The fourth-order valence-corrected chi connectivity index (χ4v) is 1.16. The Hall–Kier alpha value is -1.32. The topological polar surface area (TPSA) is 65.7 Å². The van der Waals surface area contributed by atoms with E-state index in [1.54, 1.807) is 6.20 Å². The number of rotatable bonds is 1. The van der Waals surface area contributed by atoms with Gasteiger partial charge < -0.3 is 5.10 Å². The standard InChI is InChI=1S/C9H14N2O2/c1-9(2,3)4-6-5-10-11-8(13)7(6)12/h5H,4H2,1-3H3,(H,10,12)(H,11,13). The lowest BCUT2D eigenvalue weighted by molar-refractivity contribution is 0.409. The van der Waals surface area contributed by atoms with Gasteiger partial charge in [-0.05, 0) is 11.8 Å². The van der Waals surface area contributed by atoms with Crippen molar-refractivity contribution in [2.24, 2.45) is 5.41 Å². The summed E-state index contributed by atoms with van der Waals surface area (Å²) in [6.45, 7) is 6.06. The Balaban J connectivity index is 3.11. The van der Waals surface area contributed by atoms with Gasteiger partial charge in [0.1, 0.15) is 0 Å². The van der Waals surface area contributed by atoms with Gasteiger partial charge in [0.15, 0.2) is 0 Å². The molecule has 2 N–H and O–H groups in total. The van der Waals surface area contributed by atoms with Gasteiger partial charge >= 0.3 is 5.56 Å². The minimum Gasteiger partial charge on any atom is -0.305 e. The van der Waals surface area contributed by atoms with Crippen LogP contribution in [0.4, 0.5) is 0 Å². The average molecular weight is 182 g/mol. The maximum Gasteiger partial charge on any atom is 0.310 e. The first-order valence-corrected chi connectivity index (χ1v) is 4.19. The van der Waals surface area contributed by atoms with Crippen molar-refractivity contribution in [2.75, 3.05) is 0 Å². The zero-order valence-corrected chi connectivity index (χ0v) is 8.10. The molecule has 4 heteroatoms. The molecule has 0 amide bonds. The summed E-state index contributed by atoms with van der Waals surface area (Å²) < 4.78 is 0. The third-order valence-electron chi connectivity index (χ3n) is 1.65. The highest BCUT2D eigenvalue weighted by Gasteiger charge is 2.14. The smallest absolute Gasteiger partial charge is 0.305 e. The van der Waals surface area contributed by atoms with E-state index in [1.165, 1.54) is 0 Å². The normalized spacial score (nSPS) is 11.6. The summed E-state index contributed by atoms with van der Waals surface area (Å²) in [4.78, 5) is 22.2.